The van der Waals surface area contributed by atoms with Crippen molar-refractivity contribution in [2.75, 3.05) is 9.62 Å². The highest BCUT2D eigenvalue weighted by molar-refractivity contribution is 6.84. The number of para-hydroxylation sites is 7. The maximum absolute atomic E-state index is 9.18. The van der Waals surface area contributed by atoms with E-state index in [0.29, 0.717) is 28.2 Å². The second kappa shape index (κ2) is 22.3. The highest BCUT2D eigenvalue weighted by atomic mass is 16.5. The van der Waals surface area contributed by atoms with Crippen molar-refractivity contribution in [2.45, 2.75) is 26.2 Å². The number of fused-ring (bicyclic) bond motifs is 5. The highest BCUT2D eigenvalue weighted by Crippen LogP contribution is 2.51. The van der Waals surface area contributed by atoms with E-state index >= 15 is 0 Å². The summed E-state index contributed by atoms with van der Waals surface area (Å²) in [6.45, 7) is 6.21. The molecule has 0 radical (unpaired) electrons. The van der Waals surface area contributed by atoms with Crippen LogP contribution in [0.1, 0.15) is 40.0 Å². The highest BCUT2D eigenvalue weighted by Gasteiger charge is 2.45. The molecule has 0 atom stereocenters. The predicted molar refractivity (Wildman–Crippen MR) is 372 cm³/mol. The van der Waals surface area contributed by atoms with Crippen LogP contribution < -0.4 is 24.4 Å². The van der Waals surface area contributed by atoms with Crippen molar-refractivity contribution in [3.8, 4) is 73.2 Å². The van der Waals surface area contributed by atoms with E-state index in [1.807, 2.05) is 65.4 Å². The molecule has 3 aromatic heterocycles. The molecule has 7 nitrogen and oxygen atoms in total. The summed E-state index contributed by atoms with van der Waals surface area (Å²) >= 11 is 0. The van der Waals surface area contributed by atoms with Gasteiger partial charge in [0, 0.05) is 45.5 Å². The average Bonchev–Trinajstić information content (AvgIpc) is 1.52. The summed E-state index contributed by atoms with van der Waals surface area (Å²) in [5.74, 6) is 1.78. The zero-order valence-electron chi connectivity index (χ0n) is 59.4. The van der Waals surface area contributed by atoms with E-state index < -0.39 is 67.4 Å². The second-order valence-corrected chi connectivity index (χ2v) is 23.4. The van der Waals surface area contributed by atoms with Crippen LogP contribution in [0, 0.1) is 6.33 Å². The number of ether oxygens (including phenoxy) is 1. The number of aromatic nitrogens is 4. The molecule has 8 heteroatoms. The number of anilines is 4. The molecule has 90 heavy (non-hydrogen) atoms. The van der Waals surface area contributed by atoms with Crippen molar-refractivity contribution in [1.82, 2.24) is 14.1 Å². The van der Waals surface area contributed by atoms with Crippen LogP contribution >= 0.6 is 0 Å². The summed E-state index contributed by atoms with van der Waals surface area (Å²) in [4.78, 5) is 10.1. The molecule has 0 saturated carbocycles. The quantitative estimate of drug-likeness (QED) is 0.0695. The smallest absolute Gasteiger partial charge is 0.420 e. The van der Waals surface area contributed by atoms with Crippen molar-refractivity contribution in [1.29, 1.82) is 0 Å². The SMILES string of the molecule is [2H]c1c([2H])c([2H])c(-c2cccc(-c3c([2H])c([2H])c([2H])c([2H])c3[2H])c2-[n+]2[c-]n(-c3cccc(Oc4ccc5c6cc(B7N(c8ccccc8-c8ccccc8)c8ccccc8N7c7ccccc7-c7ccccc7)ccc6n(-c6cc(C(C)(C)C)ccn6)c5c4)c3)c3ccccc32)c([2H])c1[2H]. The van der Waals surface area contributed by atoms with E-state index in [4.69, 9.17) is 17.9 Å². The van der Waals surface area contributed by atoms with Gasteiger partial charge in [-0.15, -0.1) is 0 Å². The Morgan fingerprint density at radius 3 is 1.63 bits per heavy atom. The van der Waals surface area contributed by atoms with Gasteiger partial charge < -0.3 is 14.4 Å². The Hall–Kier alpha value is -11.5. The maximum atomic E-state index is 9.18. The Labute approximate surface area is 539 Å². The Kier molecular flexibility index (Phi) is 10.9. The monoisotopic (exact) mass is 1170 g/mol. The minimum absolute atomic E-state index is 0.142. The number of nitrogens with zero attached hydrogens (tertiary/aromatic N) is 6. The summed E-state index contributed by atoms with van der Waals surface area (Å²) in [6.07, 6.45) is 5.38. The van der Waals surface area contributed by atoms with Gasteiger partial charge in [0.25, 0.3) is 6.33 Å². The molecule has 12 aromatic carbocycles. The molecule has 0 unspecified atom stereocenters. The molecule has 1 aliphatic rings. The van der Waals surface area contributed by atoms with E-state index in [0.717, 1.165) is 83.7 Å². The van der Waals surface area contributed by atoms with Gasteiger partial charge >= 0.3 is 6.98 Å². The molecule has 1 aliphatic heterocycles. The first-order valence-corrected chi connectivity index (χ1v) is 30.0. The van der Waals surface area contributed by atoms with Crippen molar-refractivity contribution in [3.05, 3.63) is 327 Å². The van der Waals surface area contributed by atoms with E-state index in [1.165, 1.54) is 0 Å². The molecule has 0 amide bonds. The molecule has 428 valence electrons. The summed E-state index contributed by atoms with van der Waals surface area (Å²) in [5.41, 5.74) is 14.4. The molecule has 0 N–H and O–H groups in total. The van der Waals surface area contributed by atoms with Crippen molar-refractivity contribution in [3.63, 3.8) is 0 Å². The summed E-state index contributed by atoms with van der Waals surface area (Å²) < 4.78 is 101. The lowest BCUT2D eigenvalue weighted by atomic mass is 9.63. The number of benzene rings is 12. The third-order valence-corrected chi connectivity index (χ3v) is 17.0. The standard InChI is InChI=1S/C82H61BN6O/c1-82(2,3)61-50-51-84-80(52-61)87-72-49-46-62(83-88(73-40-18-16-36-66(73)57-26-8-4-9-27-57)77-44-22-23-45-78(77)89(83)74-41-19-17-37-67(74)58-28-10-5-11-29-58)53-71(72)70-48-47-65(55-79(70)87)90-64-35-24-34-63(54-64)85-56-86(76-43-21-20-42-75(76)85)81-68(59-30-12-6-13-31-59)38-25-39-69(81)60-32-14-7-15-33-60/h4-55H,1-3H3/i6D,7D,12D,13D,14D,15D,30D,31D,32D,33D. The van der Waals surface area contributed by atoms with E-state index in [-0.39, 0.29) is 33.4 Å². The lowest BCUT2D eigenvalue weighted by Gasteiger charge is -2.32. The topological polar surface area (TPSA) is 42.3 Å². The molecular formula is C82H61BN6O. The van der Waals surface area contributed by atoms with Gasteiger partial charge in [0.1, 0.15) is 17.3 Å². The van der Waals surface area contributed by atoms with Crippen LogP contribution in [0.2, 0.25) is 0 Å². The molecule has 0 bridgehead atoms. The fourth-order valence-electron chi connectivity index (χ4n) is 12.9. The first kappa shape index (κ1) is 44.0. The summed E-state index contributed by atoms with van der Waals surface area (Å²) in [7, 11) is 0. The lowest BCUT2D eigenvalue weighted by molar-refractivity contribution is -0.571. The van der Waals surface area contributed by atoms with Crippen LogP contribution in [0.5, 0.6) is 11.5 Å². The van der Waals surface area contributed by atoms with Crippen LogP contribution in [0.15, 0.2) is 315 Å². The fraction of sp³-hybridized carbons (Fsp3) is 0.0488. The van der Waals surface area contributed by atoms with Gasteiger partial charge in [-0.25, -0.2) is 4.98 Å². The third-order valence-electron chi connectivity index (χ3n) is 17.0. The number of imidazole rings is 1. The van der Waals surface area contributed by atoms with Crippen molar-refractivity contribution in [2.24, 2.45) is 0 Å². The molecule has 0 aliphatic carbocycles. The fourth-order valence-corrected chi connectivity index (χ4v) is 12.9. The maximum Gasteiger partial charge on any atom is 0.420 e. The number of rotatable bonds is 12. The van der Waals surface area contributed by atoms with Crippen LogP contribution in [0.4, 0.5) is 22.7 Å². The Bertz CT molecular complexity index is 5560. The van der Waals surface area contributed by atoms with E-state index in [1.54, 1.807) is 22.8 Å². The van der Waals surface area contributed by atoms with Gasteiger partial charge in [0.2, 0.25) is 0 Å². The third kappa shape index (κ3) is 9.48. The van der Waals surface area contributed by atoms with Crippen molar-refractivity contribution < 1.29 is 23.0 Å². The molecule has 16 rings (SSSR count). The molecule has 15 aromatic rings. The predicted octanol–water partition coefficient (Wildman–Crippen LogP) is 19.6. The first-order chi connectivity index (χ1) is 48.4. The lowest BCUT2D eigenvalue weighted by Crippen LogP contribution is -2.53. The zero-order valence-corrected chi connectivity index (χ0v) is 49.4. The Morgan fingerprint density at radius 1 is 0.444 bits per heavy atom. The normalized spacial score (nSPS) is 13.9. The Balaban J connectivity index is 0.857. The summed E-state index contributed by atoms with van der Waals surface area (Å²) in [6, 6.07) is 78.9. The van der Waals surface area contributed by atoms with Gasteiger partial charge in [0.15, 0.2) is 0 Å². The number of hydrogen-bond donors (Lipinski definition) is 0. The largest absolute Gasteiger partial charge is 0.458 e. The Morgan fingerprint density at radius 2 is 1.00 bits per heavy atom. The minimum Gasteiger partial charge on any atom is -0.458 e. The molecule has 0 spiro atoms. The summed E-state index contributed by atoms with van der Waals surface area (Å²) in [5, 5.41) is 1.99. The van der Waals surface area contributed by atoms with Crippen molar-refractivity contribution >= 4 is 68.0 Å². The van der Waals surface area contributed by atoms with Gasteiger partial charge in [-0.05, 0) is 123 Å². The average molecular weight is 1170 g/mol. The van der Waals surface area contributed by atoms with Gasteiger partial charge in [-0.1, -0.05) is 251 Å². The van der Waals surface area contributed by atoms with Crippen LogP contribution in [-0.4, -0.2) is 21.1 Å². The molecule has 4 heterocycles. The number of pyridine rings is 1. The van der Waals surface area contributed by atoms with E-state index in [2.05, 4.69) is 217 Å². The van der Waals surface area contributed by atoms with Crippen LogP contribution in [0.25, 0.3) is 94.5 Å². The van der Waals surface area contributed by atoms with Gasteiger partial charge in [-0.3, -0.25) is 13.7 Å². The molecular weight excluding hydrogens is 1100 g/mol. The second-order valence-electron chi connectivity index (χ2n) is 23.4. The van der Waals surface area contributed by atoms with Gasteiger partial charge in [0.05, 0.1) is 58.5 Å². The van der Waals surface area contributed by atoms with E-state index in [9.17, 15) is 5.48 Å². The van der Waals surface area contributed by atoms with Gasteiger partial charge in [-0.2, -0.15) is 0 Å². The molecule has 0 fully saturated rings. The van der Waals surface area contributed by atoms with Crippen LogP contribution in [-0.2, 0) is 5.41 Å². The minimum atomic E-state index is -0.576. The molecule has 0 saturated heterocycles. The zero-order chi connectivity index (χ0) is 69.0. The number of hydrogen-bond acceptors (Lipinski definition) is 4. The van der Waals surface area contributed by atoms with Crippen LogP contribution in [0.3, 0.4) is 0 Å². The first-order valence-electron chi connectivity index (χ1n) is 35.0.